The molecule has 3 rings (SSSR count). The molecule has 0 spiro atoms. The number of hydrogen-bond acceptors (Lipinski definition) is 3. The number of nitrogens with one attached hydrogen (secondary N) is 1. The second-order valence-corrected chi connectivity index (χ2v) is 6.16. The van der Waals surface area contributed by atoms with E-state index in [1.165, 1.54) is 15.6 Å². The molecule has 1 aliphatic carbocycles. The highest BCUT2D eigenvalue weighted by Gasteiger charge is 2.33. The van der Waals surface area contributed by atoms with Crippen LogP contribution >= 0.6 is 15.9 Å². The Morgan fingerprint density at radius 3 is 3.17 bits per heavy atom. The van der Waals surface area contributed by atoms with Crippen LogP contribution in [0.1, 0.15) is 30.0 Å². The largest absolute Gasteiger partial charge is 0.386 e. The van der Waals surface area contributed by atoms with Crippen molar-refractivity contribution in [3.63, 3.8) is 0 Å². The molecule has 1 fully saturated rings. The average molecular weight is 312 g/mol. The van der Waals surface area contributed by atoms with E-state index in [1.807, 2.05) is 0 Å². The zero-order valence-electron chi connectivity index (χ0n) is 10.3. The molecule has 3 nitrogen and oxygen atoms in total. The van der Waals surface area contributed by atoms with Crippen molar-refractivity contribution in [2.75, 3.05) is 19.8 Å². The summed E-state index contributed by atoms with van der Waals surface area (Å²) < 4.78 is 6.47. The van der Waals surface area contributed by atoms with Crippen LogP contribution in [0.15, 0.2) is 22.7 Å². The molecule has 18 heavy (non-hydrogen) atoms. The molecule has 1 saturated heterocycles. The third kappa shape index (κ3) is 2.35. The summed E-state index contributed by atoms with van der Waals surface area (Å²) in [5, 5.41) is 13.8. The lowest BCUT2D eigenvalue weighted by atomic mass is 10.0. The molecule has 0 saturated carbocycles. The molecule has 1 aliphatic heterocycles. The van der Waals surface area contributed by atoms with Gasteiger partial charge in [-0.15, -0.1) is 0 Å². The summed E-state index contributed by atoms with van der Waals surface area (Å²) in [5.74, 6) is 0. The molecule has 4 heteroatoms. The number of ether oxygens (including phenoxy) is 1. The minimum Gasteiger partial charge on any atom is -0.386 e. The zero-order valence-corrected chi connectivity index (χ0v) is 11.9. The van der Waals surface area contributed by atoms with Gasteiger partial charge in [0.2, 0.25) is 0 Å². The molecular formula is C14H18BrNO2. The summed E-state index contributed by atoms with van der Waals surface area (Å²) in [6, 6.07) is 6.72. The summed E-state index contributed by atoms with van der Waals surface area (Å²) in [6.45, 7) is 1.74. The average Bonchev–Trinajstić information content (AvgIpc) is 2.95. The quantitative estimate of drug-likeness (QED) is 0.899. The van der Waals surface area contributed by atoms with E-state index >= 15 is 0 Å². The molecule has 0 bridgehead atoms. The molecule has 98 valence electrons. The van der Waals surface area contributed by atoms with Crippen LogP contribution in [-0.4, -0.2) is 30.5 Å². The molecule has 0 unspecified atom stereocenters. The van der Waals surface area contributed by atoms with E-state index in [9.17, 15) is 5.11 Å². The van der Waals surface area contributed by atoms with Gasteiger partial charge in [-0.3, -0.25) is 0 Å². The van der Waals surface area contributed by atoms with E-state index in [4.69, 9.17) is 4.74 Å². The SMILES string of the molecule is O[C@@]1(CN[C@@H]2CCc3c(Br)cccc32)CCOC1. The van der Waals surface area contributed by atoms with Gasteiger partial charge < -0.3 is 15.2 Å². The summed E-state index contributed by atoms with van der Waals surface area (Å²) in [6.07, 6.45) is 2.94. The molecular weight excluding hydrogens is 294 g/mol. The van der Waals surface area contributed by atoms with E-state index in [1.54, 1.807) is 0 Å². The third-order valence-electron chi connectivity index (χ3n) is 3.97. The standard InChI is InChI=1S/C14H18BrNO2/c15-12-3-1-2-11-10(12)4-5-13(11)16-8-14(17)6-7-18-9-14/h1-3,13,16-17H,4-9H2/t13-,14-/m1/s1. The predicted octanol–water partition coefficient (Wildman–Crippen LogP) is 2.18. The minimum atomic E-state index is -0.672. The molecule has 2 atom stereocenters. The minimum absolute atomic E-state index is 0.363. The Morgan fingerprint density at radius 1 is 1.50 bits per heavy atom. The Kier molecular flexibility index (Phi) is 3.45. The van der Waals surface area contributed by atoms with Crippen molar-refractivity contribution in [2.45, 2.75) is 30.9 Å². The van der Waals surface area contributed by atoms with E-state index < -0.39 is 5.60 Å². The maximum absolute atomic E-state index is 10.3. The van der Waals surface area contributed by atoms with E-state index in [0.29, 0.717) is 25.8 Å². The highest BCUT2D eigenvalue weighted by molar-refractivity contribution is 9.10. The lowest BCUT2D eigenvalue weighted by molar-refractivity contribution is 0.0248. The Bertz CT molecular complexity index is 443. The van der Waals surface area contributed by atoms with Gasteiger partial charge in [-0.05, 0) is 30.0 Å². The Hall–Kier alpha value is -0.420. The van der Waals surface area contributed by atoms with Gasteiger partial charge in [0, 0.05) is 30.1 Å². The van der Waals surface area contributed by atoms with Crippen LogP contribution in [0.5, 0.6) is 0 Å². The Balaban J connectivity index is 1.68. The third-order valence-corrected chi connectivity index (χ3v) is 4.72. The van der Waals surface area contributed by atoms with Gasteiger partial charge in [0.25, 0.3) is 0 Å². The van der Waals surface area contributed by atoms with E-state index in [0.717, 1.165) is 19.3 Å². The van der Waals surface area contributed by atoms with Crippen LogP contribution in [0.25, 0.3) is 0 Å². The van der Waals surface area contributed by atoms with Crippen molar-refractivity contribution < 1.29 is 9.84 Å². The molecule has 2 N–H and O–H groups in total. The lowest BCUT2D eigenvalue weighted by Crippen LogP contribution is -2.42. The fraction of sp³-hybridized carbons (Fsp3) is 0.571. The maximum Gasteiger partial charge on any atom is 0.103 e. The summed E-state index contributed by atoms with van der Waals surface area (Å²) in [5.41, 5.74) is 2.10. The number of fused-ring (bicyclic) bond motifs is 1. The van der Waals surface area contributed by atoms with Crippen molar-refractivity contribution in [1.29, 1.82) is 0 Å². The first-order valence-electron chi connectivity index (χ1n) is 6.49. The van der Waals surface area contributed by atoms with Crippen molar-refractivity contribution in [3.8, 4) is 0 Å². The fourth-order valence-corrected chi connectivity index (χ4v) is 3.45. The van der Waals surface area contributed by atoms with Gasteiger partial charge in [-0.25, -0.2) is 0 Å². The van der Waals surface area contributed by atoms with Crippen molar-refractivity contribution in [3.05, 3.63) is 33.8 Å². The lowest BCUT2D eigenvalue weighted by Gasteiger charge is -2.24. The van der Waals surface area contributed by atoms with Crippen LogP contribution in [-0.2, 0) is 11.2 Å². The summed E-state index contributed by atoms with van der Waals surface area (Å²) in [7, 11) is 0. The highest BCUT2D eigenvalue weighted by atomic mass is 79.9. The molecule has 1 aromatic rings. The van der Waals surface area contributed by atoms with Gasteiger partial charge >= 0.3 is 0 Å². The van der Waals surface area contributed by atoms with Crippen molar-refractivity contribution in [1.82, 2.24) is 5.32 Å². The van der Waals surface area contributed by atoms with Crippen LogP contribution in [0.4, 0.5) is 0 Å². The van der Waals surface area contributed by atoms with Gasteiger partial charge in [0.05, 0.1) is 6.61 Å². The number of hydrogen-bond donors (Lipinski definition) is 2. The zero-order chi connectivity index (χ0) is 12.6. The summed E-state index contributed by atoms with van der Waals surface area (Å²) >= 11 is 3.61. The van der Waals surface area contributed by atoms with Gasteiger partial charge in [-0.2, -0.15) is 0 Å². The highest BCUT2D eigenvalue weighted by Crippen LogP contribution is 2.35. The molecule has 1 aromatic carbocycles. The summed E-state index contributed by atoms with van der Waals surface area (Å²) in [4.78, 5) is 0. The van der Waals surface area contributed by atoms with Crippen LogP contribution < -0.4 is 5.32 Å². The molecule has 2 aliphatic rings. The molecule has 0 aromatic heterocycles. The monoisotopic (exact) mass is 311 g/mol. The number of halogens is 1. The van der Waals surface area contributed by atoms with E-state index in [-0.39, 0.29) is 0 Å². The topological polar surface area (TPSA) is 41.5 Å². The fourth-order valence-electron chi connectivity index (χ4n) is 2.87. The van der Waals surface area contributed by atoms with E-state index in [2.05, 4.69) is 39.4 Å². The smallest absolute Gasteiger partial charge is 0.103 e. The van der Waals surface area contributed by atoms with Crippen molar-refractivity contribution in [2.24, 2.45) is 0 Å². The van der Waals surface area contributed by atoms with Crippen LogP contribution in [0, 0.1) is 0 Å². The molecule has 0 radical (unpaired) electrons. The van der Waals surface area contributed by atoms with Crippen molar-refractivity contribution >= 4 is 15.9 Å². The molecule has 0 amide bonds. The molecule has 1 heterocycles. The first-order chi connectivity index (χ1) is 8.68. The van der Waals surface area contributed by atoms with Gasteiger partial charge in [0.1, 0.15) is 5.60 Å². The van der Waals surface area contributed by atoms with Crippen LogP contribution in [0.3, 0.4) is 0 Å². The number of aliphatic hydroxyl groups is 1. The first kappa shape index (κ1) is 12.6. The van der Waals surface area contributed by atoms with Gasteiger partial charge in [-0.1, -0.05) is 28.1 Å². The maximum atomic E-state index is 10.3. The first-order valence-corrected chi connectivity index (χ1v) is 7.28. The number of rotatable bonds is 3. The number of benzene rings is 1. The normalized spacial score (nSPS) is 30.7. The van der Waals surface area contributed by atoms with Gasteiger partial charge in [0.15, 0.2) is 0 Å². The predicted molar refractivity (Wildman–Crippen MR) is 73.6 cm³/mol. The second kappa shape index (κ2) is 4.93. The second-order valence-electron chi connectivity index (χ2n) is 5.31. The van der Waals surface area contributed by atoms with Crippen LogP contribution in [0.2, 0.25) is 0 Å². The Morgan fingerprint density at radius 2 is 2.39 bits per heavy atom. The Labute approximate surface area is 116 Å².